The second-order valence-corrected chi connectivity index (χ2v) is 19.4. The lowest BCUT2D eigenvalue weighted by molar-refractivity contribution is -0.150. The average molecular weight is 847 g/mol. The molecular formula is C54H106N2O4. The molecule has 1 rings (SSSR count). The fourth-order valence-electron chi connectivity index (χ4n) is 9.47. The molecule has 2 unspecified atom stereocenters. The van der Waals surface area contributed by atoms with Gasteiger partial charge in [0.2, 0.25) is 0 Å². The fourth-order valence-corrected chi connectivity index (χ4v) is 9.47. The molecule has 1 aliphatic carbocycles. The van der Waals surface area contributed by atoms with Gasteiger partial charge in [0.05, 0.1) is 25.0 Å². The van der Waals surface area contributed by atoms with Crippen LogP contribution in [0, 0.1) is 23.7 Å². The zero-order valence-corrected chi connectivity index (χ0v) is 41.1. The maximum absolute atomic E-state index is 12.9. The Morgan fingerprint density at radius 1 is 0.417 bits per heavy atom. The second-order valence-electron chi connectivity index (χ2n) is 19.4. The third-order valence-corrected chi connectivity index (χ3v) is 13.5. The maximum atomic E-state index is 12.9. The molecule has 0 aliphatic heterocycles. The van der Waals surface area contributed by atoms with Gasteiger partial charge in [0.15, 0.2) is 0 Å². The van der Waals surface area contributed by atoms with Crippen molar-refractivity contribution in [3.8, 4) is 0 Å². The summed E-state index contributed by atoms with van der Waals surface area (Å²) in [7, 11) is 0. The Labute approximate surface area is 375 Å². The van der Waals surface area contributed by atoms with Crippen molar-refractivity contribution in [2.24, 2.45) is 23.7 Å². The number of rotatable bonds is 46. The molecule has 4 atom stereocenters. The Balaban J connectivity index is 2.05. The van der Waals surface area contributed by atoms with Crippen LogP contribution in [-0.4, -0.2) is 51.3 Å². The molecule has 2 N–H and O–H groups in total. The molecule has 0 radical (unpaired) electrons. The van der Waals surface area contributed by atoms with E-state index in [1.54, 1.807) is 0 Å². The highest BCUT2D eigenvalue weighted by molar-refractivity contribution is 5.72. The molecule has 0 heterocycles. The first kappa shape index (κ1) is 56.9. The van der Waals surface area contributed by atoms with Gasteiger partial charge in [-0.1, -0.05) is 201 Å². The minimum Gasteiger partial charge on any atom is -0.465 e. The van der Waals surface area contributed by atoms with E-state index in [1.807, 2.05) is 0 Å². The van der Waals surface area contributed by atoms with Gasteiger partial charge >= 0.3 is 11.9 Å². The van der Waals surface area contributed by atoms with Crippen LogP contribution >= 0.6 is 0 Å². The third-order valence-electron chi connectivity index (χ3n) is 13.5. The highest BCUT2D eigenvalue weighted by atomic mass is 16.5. The minimum atomic E-state index is 0.0822. The Hall–Kier alpha value is -1.14. The van der Waals surface area contributed by atoms with Gasteiger partial charge in [0.1, 0.15) is 0 Å². The second kappa shape index (κ2) is 44.5. The molecule has 356 valence electrons. The van der Waals surface area contributed by atoms with E-state index >= 15 is 0 Å². The quantitative estimate of drug-likeness (QED) is 0.0469. The van der Waals surface area contributed by atoms with Gasteiger partial charge in [-0.15, -0.1) is 0 Å². The van der Waals surface area contributed by atoms with Crippen molar-refractivity contribution in [2.75, 3.05) is 39.4 Å². The molecule has 1 saturated carbocycles. The Morgan fingerprint density at radius 2 is 0.717 bits per heavy atom. The van der Waals surface area contributed by atoms with Crippen LogP contribution in [0.5, 0.6) is 0 Å². The van der Waals surface area contributed by atoms with Crippen molar-refractivity contribution in [1.29, 1.82) is 0 Å². The van der Waals surface area contributed by atoms with Crippen LogP contribution in [0.3, 0.4) is 0 Å². The lowest BCUT2D eigenvalue weighted by Gasteiger charge is -2.29. The number of hydrogen-bond donors (Lipinski definition) is 2. The van der Waals surface area contributed by atoms with Gasteiger partial charge in [0, 0.05) is 0 Å². The molecule has 0 aromatic heterocycles. The topological polar surface area (TPSA) is 76.7 Å². The Kier molecular flexibility index (Phi) is 42.2. The zero-order valence-electron chi connectivity index (χ0n) is 41.1. The number of hydrogen-bond acceptors (Lipinski definition) is 6. The van der Waals surface area contributed by atoms with Crippen LogP contribution in [0.4, 0.5) is 0 Å². The molecule has 0 bridgehead atoms. The van der Waals surface area contributed by atoms with Gasteiger partial charge < -0.3 is 20.1 Å². The molecular weight excluding hydrogens is 741 g/mol. The predicted octanol–water partition coefficient (Wildman–Crippen LogP) is 15.6. The van der Waals surface area contributed by atoms with E-state index in [4.69, 9.17) is 9.47 Å². The molecule has 60 heavy (non-hydrogen) atoms. The van der Waals surface area contributed by atoms with Crippen molar-refractivity contribution in [3.05, 3.63) is 0 Å². The van der Waals surface area contributed by atoms with Crippen LogP contribution in [0.15, 0.2) is 0 Å². The van der Waals surface area contributed by atoms with Crippen LogP contribution < -0.4 is 10.6 Å². The third kappa shape index (κ3) is 35.3. The SMILES string of the molecule is CCCCCCCCC(CCCCCC)C(=O)OCCCCCCCNC[C@H]1CCC[C@@H](CNCCCCCCCOC(=O)C(CCCCCC)CCCCCCCC)C1. The van der Waals surface area contributed by atoms with E-state index in [0.29, 0.717) is 13.2 Å². The summed E-state index contributed by atoms with van der Waals surface area (Å²) < 4.78 is 11.6. The van der Waals surface area contributed by atoms with E-state index in [9.17, 15) is 9.59 Å². The molecule has 0 amide bonds. The number of carbonyl (C=O) groups excluding carboxylic acids is 2. The number of unbranched alkanes of at least 4 members (excludes halogenated alkanes) is 24. The van der Waals surface area contributed by atoms with Gasteiger partial charge in [-0.2, -0.15) is 0 Å². The van der Waals surface area contributed by atoms with Crippen LogP contribution in [0.1, 0.15) is 272 Å². The first-order valence-electron chi connectivity index (χ1n) is 27.3. The van der Waals surface area contributed by atoms with Crippen molar-refractivity contribution < 1.29 is 19.1 Å². The van der Waals surface area contributed by atoms with Gasteiger partial charge in [-0.25, -0.2) is 0 Å². The summed E-state index contributed by atoms with van der Waals surface area (Å²) >= 11 is 0. The molecule has 1 aliphatic rings. The lowest BCUT2D eigenvalue weighted by Crippen LogP contribution is -2.32. The van der Waals surface area contributed by atoms with Crippen LogP contribution in [0.25, 0.3) is 0 Å². The van der Waals surface area contributed by atoms with E-state index in [0.717, 1.165) is 63.5 Å². The minimum absolute atomic E-state index is 0.0822. The highest BCUT2D eigenvalue weighted by Crippen LogP contribution is 2.28. The normalized spacial score (nSPS) is 16.5. The summed E-state index contributed by atoms with van der Waals surface area (Å²) in [4.78, 5) is 25.8. The van der Waals surface area contributed by atoms with Crippen molar-refractivity contribution in [3.63, 3.8) is 0 Å². The van der Waals surface area contributed by atoms with E-state index in [1.165, 1.54) is 219 Å². The number of ether oxygens (including phenoxy) is 2. The van der Waals surface area contributed by atoms with Crippen molar-refractivity contribution in [1.82, 2.24) is 10.6 Å². The average Bonchev–Trinajstić information content (AvgIpc) is 3.26. The van der Waals surface area contributed by atoms with Crippen LogP contribution in [0.2, 0.25) is 0 Å². The molecule has 0 aromatic carbocycles. The monoisotopic (exact) mass is 847 g/mol. The molecule has 6 heteroatoms. The fraction of sp³-hybridized carbons (Fsp3) is 0.963. The van der Waals surface area contributed by atoms with Crippen molar-refractivity contribution >= 4 is 11.9 Å². The summed E-state index contributed by atoms with van der Waals surface area (Å²) in [6.45, 7) is 14.9. The number of carbonyl (C=O) groups is 2. The highest BCUT2D eigenvalue weighted by Gasteiger charge is 2.22. The van der Waals surface area contributed by atoms with Crippen LogP contribution in [-0.2, 0) is 19.1 Å². The first-order valence-corrected chi connectivity index (χ1v) is 27.3. The molecule has 6 nitrogen and oxygen atoms in total. The largest absolute Gasteiger partial charge is 0.465 e. The summed E-state index contributed by atoms with van der Waals surface area (Å²) in [5, 5.41) is 7.57. The molecule has 0 saturated heterocycles. The van der Waals surface area contributed by atoms with Gasteiger partial charge in [-0.05, 0) is 109 Å². The van der Waals surface area contributed by atoms with Gasteiger partial charge in [0.25, 0.3) is 0 Å². The molecule has 0 aromatic rings. The number of nitrogens with one attached hydrogen (secondary N) is 2. The standard InChI is InChI=1S/C54H106N2O4/c1-5-9-13-17-21-29-40-51(38-27-15-11-7-3)53(57)59-44-33-25-19-23-31-42-55-47-49-36-35-37-50(46-49)48-56-43-32-24-20-26-34-45-60-54(58)52(39-28-16-12-8-4)41-30-22-18-14-10-6-2/h49-52,55-56H,5-48H2,1-4H3/t49-,50+,51?,52?. The summed E-state index contributed by atoms with van der Waals surface area (Å²) in [5.41, 5.74) is 0. The summed E-state index contributed by atoms with van der Waals surface area (Å²) in [5.74, 6) is 2.07. The summed E-state index contributed by atoms with van der Waals surface area (Å²) in [6, 6.07) is 0. The maximum Gasteiger partial charge on any atom is 0.308 e. The molecule has 0 spiro atoms. The van der Waals surface area contributed by atoms with E-state index < -0.39 is 0 Å². The molecule has 1 fully saturated rings. The Morgan fingerprint density at radius 3 is 1.08 bits per heavy atom. The van der Waals surface area contributed by atoms with Crippen molar-refractivity contribution in [2.45, 2.75) is 272 Å². The first-order chi connectivity index (χ1) is 29.5. The predicted molar refractivity (Wildman–Crippen MR) is 260 cm³/mol. The zero-order chi connectivity index (χ0) is 43.4. The lowest BCUT2D eigenvalue weighted by atomic mass is 9.81. The Bertz CT molecular complexity index is 844. The smallest absolute Gasteiger partial charge is 0.308 e. The van der Waals surface area contributed by atoms with E-state index in [2.05, 4.69) is 38.3 Å². The summed E-state index contributed by atoms with van der Waals surface area (Å²) in [6.07, 6.45) is 46.7. The van der Waals surface area contributed by atoms with Gasteiger partial charge in [-0.3, -0.25) is 9.59 Å². The number of esters is 2. The van der Waals surface area contributed by atoms with E-state index in [-0.39, 0.29) is 23.8 Å².